The van der Waals surface area contributed by atoms with E-state index < -0.39 is 11.8 Å². The van der Waals surface area contributed by atoms with Crippen LogP contribution in [0.25, 0.3) is 0 Å². The second-order valence-electron chi connectivity index (χ2n) is 3.57. The molecule has 0 aliphatic heterocycles. The van der Waals surface area contributed by atoms with Crippen LogP contribution in [0.1, 0.15) is 12.5 Å². The summed E-state index contributed by atoms with van der Waals surface area (Å²) in [6.45, 7) is 2.02. The van der Waals surface area contributed by atoms with Gasteiger partial charge in [-0.1, -0.05) is 6.08 Å². The summed E-state index contributed by atoms with van der Waals surface area (Å²) in [7, 11) is 1.31. The second kappa shape index (κ2) is 6.40. The number of rotatable bonds is 4. The molecule has 0 bridgehead atoms. The van der Waals surface area contributed by atoms with E-state index in [1.54, 1.807) is 19.1 Å². The number of halogens is 1. The second-order valence-corrected chi connectivity index (χ2v) is 3.57. The van der Waals surface area contributed by atoms with Crippen molar-refractivity contribution in [3.8, 4) is 6.07 Å². The summed E-state index contributed by atoms with van der Waals surface area (Å²) in [6, 6.07) is 5.92. The molecule has 94 valence electrons. The van der Waals surface area contributed by atoms with Crippen molar-refractivity contribution in [1.82, 2.24) is 0 Å². The molecule has 0 amide bonds. The number of nitriles is 1. The Hall–Kier alpha value is -2.35. The molecular formula is C13H13FN2O2. The lowest BCUT2D eigenvalue weighted by molar-refractivity contribution is -0.136. The first-order chi connectivity index (χ1) is 8.58. The van der Waals surface area contributed by atoms with Crippen LogP contribution in [-0.2, 0) is 9.53 Å². The zero-order valence-electron chi connectivity index (χ0n) is 10.2. The summed E-state index contributed by atoms with van der Waals surface area (Å²) in [4.78, 5) is 11.1. The van der Waals surface area contributed by atoms with Crippen LogP contribution < -0.4 is 5.32 Å². The van der Waals surface area contributed by atoms with E-state index in [9.17, 15) is 9.18 Å². The van der Waals surface area contributed by atoms with Gasteiger partial charge in [0.05, 0.1) is 12.7 Å². The number of carbonyl (C=O) groups is 1. The highest BCUT2D eigenvalue weighted by Gasteiger charge is 2.03. The molecule has 0 atom stereocenters. The van der Waals surface area contributed by atoms with Crippen LogP contribution in [0.5, 0.6) is 0 Å². The molecule has 0 fully saturated rings. The normalized spacial score (nSPS) is 10.7. The van der Waals surface area contributed by atoms with Crippen LogP contribution in [0.4, 0.5) is 10.1 Å². The van der Waals surface area contributed by atoms with E-state index in [4.69, 9.17) is 5.26 Å². The number of ether oxygens (including phenoxy) is 1. The van der Waals surface area contributed by atoms with Gasteiger partial charge in [0.1, 0.15) is 11.9 Å². The molecule has 0 aromatic heterocycles. The Morgan fingerprint density at radius 2 is 2.33 bits per heavy atom. The lowest BCUT2D eigenvalue weighted by Gasteiger charge is -2.05. The largest absolute Gasteiger partial charge is 0.466 e. The number of benzene rings is 1. The zero-order chi connectivity index (χ0) is 13.5. The van der Waals surface area contributed by atoms with Gasteiger partial charge in [0.2, 0.25) is 0 Å². The average molecular weight is 248 g/mol. The molecule has 0 spiro atoms. The lowest BCUT2D eigenvalue weighted by atomic mass is 10.2. The summed E-state index contributed by atoms with van der Waals surface area (Å²) < 4.78 is 17.6. The van der Waals surface area contributed by atoms with Gasteiger partial charge in [-0.25, -0.2) is 9.18 Å². The zero-order valence-corrected chi connectivity index (χ0v) is 10.2. The number of esters is 1. The fraction of sp³-hybridized carbons (Fsp3) is 0.231. The van der Waals surface area contributed by atoms with E-state index in [2.05, 4.69) is 10.1 Å². The van der Waals surface area contributed by atoms with Crippen molar-refractivity contribution in [2.45, 2.75) is 6.92 Å². The van der Waals surface area contributed by atoms with Crippen LogP contribution in [0.3, 0.4) is 0 Å². The minimum atomic E-state index is -0.552. The summed E-state index contributed by atoms with van der Waals surface area (Å²) >= 11 is 0. The molecule has 18 heavy (non-hydrogen) atoms. The monoisotopic (exact) mass is 248 g/mol. The van der Waals surface area contributed by atoms with Gasteiger partial charge in [-0.2, -0.15) is 5.26 Å². The number of hydrogen-bond donors (Lipinski definition) is 1. The quantitative estimate of drug-likeness (QED) is 0.655. The van der Waals surface area contributed by atoms with Gasteiger partial charge in [0, 0.05) is 17.8 Å². The summed E-state index contributed by atoms with van der Waals surface area (Å²) in [5.41, 5.74) is 1.07. The molecule has 0 heterocycles. The molecule has 0 aliphatic rings. The predicted molar refractivity (Wildman–Crippen MR) is 65.4 cm³/mol. The number of methoxy groups -OCH3 is 1. The fourth-order valence-corrected chi connectivity index (χ4v) is 1.29. The Kier molecular flexibility index (Phi) is 4.88. The van der Waals surface area contributed by atoms with E-state index in [0.29, 0.717) is 17.8 Å². The molecule has 0 saturated heterocycles. The maximum atomic E-state index is 13.0. The maximum absolute atomic E-state index is 13.0. The van der Waals surface area contributed by atoms with Gasteiger partial charge in [0.25, 0.3) is 0 Å². The third kappa shape index (κ3) is 3.59. The summed E-state index contributed by atoms with van der Waals surface area (Å²) in [6.07, 6.45) is 1.65. The first kappa shape index (κ1) is 13.7. The lowest BCUT2D eigenvalue weighted by Crippen LogP contribution is -2.05. The van der Waals surface area contributed by atoms with Crippen molar-refractivity contribution in [2.75, 3.05) is 19.0 Å². The van der Waals surface area contributed by atoms with Crippen LogP contribution in [0, 0.1) is 17.1 Å². The van der Waals surface area contributed by atoms with Gasteiger partial charge in [-0.15, -0.1) is 0 Å². The van der Waals surface area contributed by atoms with Crippen molar-refractivity contribution in [2.24, 2.45) is 0 Å². The van der Waals surface area contributed by atoms with Crippen LogP contribution in [-0.4, -0.2) is 19.6 Å². The molecule has 1 aromatic carbocycles. The molecule has 0 aliphatic carbocycles. The van der Waals surface area contributed by atoms with E-state index in [1.807, 2.05) is 0 Å². The Balaban J connectivity index is 2.65. The van der Waals surface area contributed by atoms with Crippen LogP contribution in [0.2, 0.25) is 0 Å². The average Bonchev–Trinajstić information content (AvgIpc) is 2.39. The van der Waals surface area contributed by atoms with Crippen molar-refractivity contribution in [1.29, 1.82) is 5.26 Å². The number of hydrogen-bond acceptors (Lipinski definition) is 4. The standard InChI is InChI=1S/C13H13FN2O2/c1-9(13(17)18-2)5-6-16-11-3-4-12(14)10(7-11)8-15/h3-5,7,16H,6H2,1-2H3/b9-5+. The molecule has 0 saturated carbocycles. The Bertz CT molecular complexity index is 518. The predicted octanol–water partition coefficient (Wildman–Crippen LogP) is 2.23. The number of nitrogens with zero attached hydrogens (tertiary/aromatic N) is 1. The van der Waals surface area contributed by atoms with Crippen molar-refractivity contribution >= 4 is 11.7 Å². The first-order valence-electron chi connectivity index (χ1n) is 5.27. The molecule has 1 N–H and O–H groups in total. The molecule has 0 radical (unpaired) electrons. The topological polar surface area (TPSA) is 62.1 Å². The highest BCUT2D eigenvalue weighted by molar-refractivity contribution is 5.87. The smallest absolute Gasteiger partial charge is 0.333 e. The molecule has 5 heteroatoms. The van der Waals surface area contributed by atoms with Crippen molar-refractivity contribution in [3.05, 3.63) is 41.2 Å². The minimum Gasteiger partial charge on any atom is -0.466 e. The maximum Gasteiger partial charge on any atom is 0.333 e. The van der Waals surface area contributed by atoms with Crippen molar-refractivity contribution < 1.29 is 13.9 Å². The molecule has 4 nitrogen and oxygen atoms in total. The number of anilines is 1. The van der Waals surface area contributed by atoms with Crippen LogP contribution in [0.15, 0.2) is 29.8 Å². The molecule has 0 unspecified atom stereocenters. The molecular weight excluding hydrogens is 235 g/mol. The molecule has 1 rings (SSSR count). The third-order valence-corrected chi connectivity index (χ3v) is 2.31. The first-order valence-corrected chi connectivity index (χ1v) is 5.27. The van der Waals surface area contributed by atoms with Gasteiger partial charge >= 0.3 is 5.97 Å². The van der Waals surface area contributed by atoms with E-state index in [0.717, 1.165) is 0 Å². The highest BCUT2D eigenvalue weighted by atomic mass is 19.1. The van der Waals surface area contributed by atoms with Gasteiger partial charge < -0.3 is 10.1 Å². The van der Waals surface area contributed by atoms with E-state index in [1.165, 1.54) is 25.3 Å². The van der Waals surface area contributed by atoms with Gasteiger partial charge in [-0.3, -0.25) is 0 Å². The fourth-order valence-electron chi connectivity index (χ4n) is 1.29. The summed E-state index contributed by atoms with van der Waals surface area (Å²) in [5.74, 6) is -0.946. The Labute approximate surface area is 105 Å². The van der Waals surface area contributed by atoms with E-state index >= 15 is 0 Å². The third-order valence-electron chi connectivity index (χ3n) is 2.31. The van der Waals surface area contributed by atoms with Crippen LogP contribution >= 0.6 is 0 Å². The van der Waals surface area contributed by atoms with Crippen molar-refractivity contribution in [3.63, 3.8) is 0 Å². The van der Waals surface area contributed by atoms with Gasteiger partial charge in [0.15, 0.2) is 0 Å². The summed E-state index contributed by atoms with van der Waals surface area (Å²) in [5, 5.41) is 11.6. The van der Waals surface area contributed by atoms with Gasteiger partial charge in [-0.05, 0) is 25.1 Å². The Morgan fingerprint density at radius 1 is 1.61 bits per heavy atom. The SMILES string of the molecule is COC(=O)/C(C)=C/CNc1ccc(F)c(C#N)c1. The number of nitrogens with one attached hydrogen (secondary N) is 1. The van der Waals surface area contributed by atoms with E-state index in [-0.39, 0.29) is 5.56 Å². The minimum absolute atomic E-state index is 0.0198. The number of carbonyl (C=O) groups excluding carboxylic acids is 1. The molecule has 1 aromatic rings. The highest BCUT2D eigenvalue weighted by Crippen LogP contribution is 2.13. The Morgan fingerprint density at radius 3 is 2.94 bits per heavy atom.